The minimum absolute atomic E-state index is 0.0262. The Morgan fingerprint density at radius 2 is 1.59 bits per heavy atom. The second kappa shape index (κ2) is 7.58. The fraction of sp³-hybridized carbons (Fsp3) is 0.400. The Bertz CT molecular complexity index is 832. The number of fused-ring (bicyclic) bond motifs is 1. The highest BCUT2D eigenvalue weighted by Gasteiger charge is 2.57. The molecule has 2 aliphatic rings. The molecule has 0 spiro atoms. The van der Waals surface area contributed by atoms with Gasteiger partial charge in [0, 0.05) is 11.8 Å². The number of hydrogen-bond acceptors (Lipinski definition) is 3. The summed E-state index contributed by atoms with van der Waals surface area (Å²) in [7, 11) is -2.64. The van der Waals surface area contributed by atoms with E-state index >= 15 is 0 Å². The Balaban J connectivity index is 1.83. The summed E-state index contributed by atoms with van der Waals surface area (Å²) in [6.45, 7) is 11.4. The summed E-state index contributed by atoms with van der Waals surface area (Å²) in [6, 6.07) is 21.3. The molecule has 0 bridgehead atoms. The normalized spacial score (nSPS) is 26.8. The largest absolute Gasteiger partial charge is 0.465 e. The van der Waals surface area contributed by atoms with Crippen LogP contribution in [0.2, 0.25) is 5.04 Å². The highest BCUT2D eigenvalue weighted by Crippen LogP contribution is 2.47. The molecule has 4 atom stereocenters. The lowest BCUT2D eigenvalue weighted by Gasteiger charge is -2.45. The molecule has 2 aromatic carbocycles. The zero-order chi connectivity index (χ0) is 20.6. The first kappa shape index (κ1) is 20.1. The van der Waals surface area contributed by atoms with Crippen molar-refractivity contribution in [1.29, 1.82) is 0 Å². The third-order valence-electron chi connectivity index (χ3n) is 6.66. The number of cyclic esters (lactones) is 1. The molecule has 4 heteroatoms. The Labute approximate surface area is 174 Å². The van der Waals surface area contributed by atoms with Gasteiger partial charge in [-0.2, -0.15) is 0 Å². The van der Waals surface area contributed by atoms with Gasteiger partial charge in [0.25, 0.3) is 8.32 Å². The van der Waals surface area contributed by atoms with Crippen LogP contribution in [0.3, 0.4) is 0 Å². The number of esters is 1. The molecule has 3 nitrogen and oxygen atoms in total. The molecule has 1 aliphatic carbocycles. The third-order valence-corrected chi connectivity index (χ3v) is 11.7. The zero-order valence-electron chi connectivity index (χ0n) is 17.5. The van der Waals surface area contributed by atoms with Gasteiger partial charge in [0.05, 0.1) is 18.6 Å². The highest BCUT2D eigenvalue weighted by atomic mass is 28.4. The predicted molar refractivity (Wildman–Crippen MR) is 119 cm³/mol. The molecule has 0 radical (unpaired) electrons. The summed E-state index contributed by atoms with van der Waals surface area (Å²) in [5, 5.41) is 2.45. The Hall–Kier alpha value is -2.17. The van der Waals surface area contributed by atoms with Crippen LogP contribution in [0.1, 0.15) is 27.2 Å². The van der Waals surface area contributed by atoms with Crippen molar-refractivity contribution in [3.63, 3.8) is 0 Å². The van der Waals surface area contributed by atoms with E-state index in [0.717, 1.165) is 0 Å². The maximum Gasteiger partial charge on any atom is 0.309 e. The Morgan fingerprint density at radius 3 is 2.07 bits per heavy atom. The van der Waals surface area contributed by atoms with Crippen molar-refractivity contribution in [1.82, 2.24) is 0 Å². The highest BCUT2D eigenvalue weighted by molar-refractivity contribution is 6.99. The van der Waals surface area contributed by atoms with Crippen molar-refractivity contribution in [2.24, 2.45) is 17.8 Å². The summed E-state index contributed by atoms with van der Waals surface area (Å²) in [6.07, 6.45) is 2.67. The Morgan fingerprint density at radius 1 is 1.03 bits per heavy atom. The molecule has 1 aliphatic heterocycles. The van der Waals surface area contributed by atoms with Gasteiger partial charge in [-0.3, -0.25) is 4.79 Å². The van der Waals surface area contributed by atoms with Gasteiger partial charge in [-0.1, -0.05) is 87.5 Å². The monoisotopic (exact) mass is 406 g/mol. The van der Waals surface area contributed by atoms with Gasteiger partial charge < -0.3 is 9.16 Å². The molecule has 1 saturated carbocycles. The lowest BCUT2D eigenvalue weighted by molar-refractivity contribution is -0.141. The second-order valence-corrected chi connectivity index (χ2v) is 13.5. The van der Waals surface area contributed by atoms with E-state index in [1.165, 1.54) is 10.4 Å². The fourth-order valence-corrected chi connectivity index (χ4v) is 10.0. The topological polar surface area (TPSA) is 35.5 Å². The van der Waals surface area contributed by atoms with E-state index in [2.05, 4.69) is 88.0 Å². The summed E-state index contributed by atoms with van der Waals surface area (Å²) < 4.78 is 12.6. The van der Waals surface area contributed by atoms with Crippen LogP contribution in [0.4, 0.5) is 0 Å². The quantitative estimate of drug-likeness (QED) is 0.429. The summed E-state index contributed by atoms with van der Waals surface area (Å²) in [4.78, 5) is 12.3. The molecule has 0 N–H and O–H groups in total. The van der Waals surface area contributed by atoms with Crippen molar-refractivity contribution in [3.05, 3.63) is 73.3 Å². The average Bonchev–Trinajstić information content (AvgIpc) is 3.25. The first-order valence-corrected chi connectivity index (χ1v) is 12.4. The SMILES string of the molecule is C=C[C@@H]1[C@H]2COC(=O)[C@H]2C[C@H]1O[Si](c1ccccc1)(c1ccccc1)C(C)(C)C. The maximum absolute atomic E-state index is 12.3. The minimum atomic E-state index is -2.64. The first-order chi connectivity index (χ1) is 13.9. The molecule has 0 aromatic heterocycles. The standard InChI is InChI=1S/C25H30O3Si/c1-5-20-22-17-27-24(26)21(22)16-23(20)28-29(25(2,3)4,18-12-8-6-9-13-18)19-14-10-7-11-15-19/h5-15,20-23H,1,16-17H2,2-4H3/t20-,21+,22-,23-/m1/s1. The van der Waals surface area contributed by atoms with Gasteiger partial charge >= 0.3 is 5.97 Å². The lowest BCUT2D eigenvalue weighted by atomic mass is 9.92. The summed E-state index contributed by atoms with van der Waals surface area (Å²) >= 11 is 0. The maximum atomic E-state index is 12.3. The van der Waals surface area contributed by atoms with Crippen molar-refractivity contribution < 1.29 is 14.0 Å². The van der Waals surface area contributed by atoms with Crippen molar-refractivity contribution in [3.8, 4) is 0 Å². The number of benzene rings is 2. The van der Waals surface area contributed by atoms with Crippen molar-refractivity contribution >= 4 is 24.7 Å². The molecule has 2 fully saturated rings. The van der Waals surface area contributed by atoms with E-state index < -0.39 is 8.32 Å². The number of carbonyl (C=O) groups is 1. The molecule has 29 heavy (non-hydrogen) atoms. The molecular weight excluding hydrogens is 376 g/mol. The van der Waals surface area contributed by atoms with Crippen LogP contribution in [0, 0.1) is 17.8 Å². The number of rotatable bonds is 5. The van der Waals surface area contributed by atoms with Gasteiger partial charge in [-0.25, -0.2) is 0 Å². The van der Waals surface area contributed by atoms with Crippen LogP contribution in [0.25, 0.3) is 0 Å². The second-order valence-electron chi connectivity index (χ2n) is 9.27. The van der Waals surface area contributed by atoms with Crippen molar-refractivity contribution in [2.45, 2.75) is 38.3 Å². The van der Waals surface area contributed by atoms with E-state index in [9.17, 15) is 4.79 Å². The van der Waals surface area contributed by atoms with Gasteiger partial charge in [0.2, 0.25) is 0 Å². The first-order valence-electron chi connectivity index (χ1n) is 10.5. The smallest absolute Gasteiger partial charge is 0.309 e. The van der Waals surface area contributed by atoms with Crippen LogP contribution in [-0.2, 0) is 14.0 Å². The average molecular weight is 407 g/mol. The molecule has 1 saturated heterocycles. The third kappa shape index (κ3) is 3.28. The van der Waals surface area contributed by atoms with Gasteiger partial charge in [-0.15, -0.1) is 6.58 Å². The van der Waals surface area contributed by atoms with Crippen LogP contribution in [0.5, 0.6) is 0 Å². The van der Waals surface area contributed by atoms with Crippen LogP contribution in [0.15, 0.2) is 73.3 Å². The number of ether oxygens (including phenoxy) is 1. The molecule has 0 amide bonds. The molecule has 0 unspecified atom stereocenters. The summed E-state index contributed by atoms with van der Waals surface area (Å²) in [5.74, 6) is 0.174. The Kier molecular flexibility index (Phi) is 5.26. The van der Waals surface area contributed by atoms with E-state index in [1.807, 2.05) is 6.08 Å². The number of carbonyl (C=O) groups excluding carboxylic acids is 1. The number of hydrogen-bond donors (Lipinski definition) is 0. The van der Waals surface area contributed by atoms with Crippen molar-refractivity contribution in [2.75, 3.05) is 6.61 Å². The van der Waals surface area contributed by atoms with Crippen LogP contribution in [-0.4, -0.2) is 27.0 Å². The van der Waals surface area contributed by atoms with Gasteiger partial charge in [0.15, 0.2) is 0 Å². The van der Waals surface area contributed by atoms with E-state index in [-0.39, 0.29) is 34.9 Å². The molecule has 4 rings (SSSR count). The molecule has 152 valence electrons. The predicted octanol–water partition coefficient (Wildman–Crippen LogP) is 3.93. The van der Waals surface area contributed by atoms with E-state index in [0.29, 0.717) is 13.0 Å². The minimum Gasteiger partial charge on any atom is -0.465 e. The van der Waals surface area contributed by atoms with Crippen LogP contribution >= 0.6 is 0 Å². The summed E-state index contributed by atoms with van der Waals surface area (Å²) in [5.41, 5.74) is 0. The van der Waals surface area contributed by atoms with Crippen LogP contribution < -0.4 is 10.4 Å². The fourth-order valence-electron chi connectivity index (χ4n) is 5.28. The molecule has 1 heterocycles. The van der Waals surface area contributed by atoms with E-state index in [4.69, 9.17) is 9.16 Å². The lowest BCUT2D eigenvalue weighted by Crippen LogP contribution is -2.68. The van der Waals surface area contributed by atoms with Gasteiger partial charge in [0.1, 0.15) is 0 Å². The van der Waals surface area contributed by atoms with Gasteiger partial charge in [-0.05, 0) is 21.8 Å². The zero-order valence-corrected chi connectivity index (χ0v) is 18.5. The molecular formula is C25H30O3Si. The molecule has 2 aromatic rings. The van der Waals surface area contributed by atoms with E-state index in [1.54, 1.807) is 0 Å².